The summed E-state index contributed by atoms with van der Waals surface area (Å²) in [7, 11) is 0. The first-order valence-electron chi connectivity index (χ1n) is 4.32. The number of anilines is 1. The lowest BCUT2D eigenvalue weighted by atomic mass is 10.3. The molecule has 0 aliphatic heterocycles. The van der Waals surface area contributed by atoms with Gasteiger partial charge in [0.05, 0.1) is 8.45 Å². The Balaban J connectivity index is 2.10. The molecular formula is C10H6BrIN2OS. The number of nitrogens with one attached hydrogen (secondary N) is 1. The van der Waals surface area contributed by atoms with Gasteiger partial charge in [0.1, 0.15) is 5.82 Å². The second kappa shape index (κ2) is 5.24. The van der Waals surface area contributed by atoms with Crippen LogP contribution in [0, 0.1) is 2.88 Å². The molecule has 82 valence electrons. The van der Waals surface area contributed by atoms with Gasteiger partial charge in [-0.05, 0) is 56.7 Å². The van der Waals surface area contributed by atoms with Gasteiger partial charge in [-0.1, -0.05) is 0 Å². The largest absolute Gasteiger partial charge is 0.307 e. The third-order valence-electron chi connectivity index (χ3n) is 1.80. The van der Waals surface area contributed by atoms with Crippen molar-refractivity contribution in [2.24, 2.45) is 0 Å². The average molecular weight is 409 g/mol. The molecule has 2 rings (SSSR count). The van der Waals surface area contributed by atoms with Crippen molar-refractivity contribution in [3.05, 3.63) is 42.7 Å². The van der Waals surface area contributed by atoms with Crippen LogP contribution in [0.5, 0.6) is 0 Å². The van der Waals surface area contributed by atoms with Gasteiger partial charge in [-0.25, -0.2) is 4.98 Å². The summed E-state index contributed by atoms with van der Waals surface area (Å²) in [5, 5.41) is 4.56. The predicted octanol–water partition coefficient (Wildman–Crippen LogP) is 3.76. The molecule has 2 aromatic heterocycles. The monoisotopic (exact) mass is 408 g/mol. The number of aromatic nitrogens is 1. The van der Waals surface area contributed by atoms with E-state index in [0.29, 0.717) is 11.4 Å². The highest BCUT2D eigenvalue weighted by molar-refractivity contribution is 14.1. The summed E-state index contributed by atoms with van der Waals surface area (Å²) in [6, 6.07) is 5.43. The van der Waals surface area contributed by atoms with Crippen molar-refractivity contribution in [1.29, 1.82) is 0 Å². The summed E-state index contributed by atoms with van der Waals surface area (Å²) in [4.78, 5) is 15.8. The highest BCUT2D eigenvalue weighted by Crippen LogP contribution is 2.18. The molecular weight excluding hydrogens is 403 g/mol. The number of amides is 1. The van der Waals surface area contributed by atoms with Gasteiger partial charge in [0, 0.05) is 16.0 Å². The number of nitrogens with zero attached hydrogens (tertiary/aromatic N) is 1. The van der Waals surface area contributed by atoms with E-state index >= 15 is 0 Å². The Morgan fingerprint density at radius 2 is 2.31 bits per heavy atom. The minimum absolute atomic E-state index is 0.131. The SMILES string of the molecule is O=C(Nc1ccc(Br)cn1)c1csc(I)c1. The number of rotatable bonds is 2. The number of thiophene rings is 1. The Kier molecular flexibility index (Phi) is 3.93. The number of carbonyl (C=O) groups is 1. The van der Waals surface area contributed by atoms with Crippen molar-refractivity contribution in [2.75, 3.05) is 5.32 Å². The molecule has 0 unspecified atom stereocenters. The van der Waals surface area contributed by atoms with E-state index in [4.69, 9.17) is 0 Å². The molecule has 1 amide bonds. The first kappa shape index (κ1) is 12.0. The lowest BCUT2D eigenvalue weighted by molar-refractivity contribution is 0.102. The van der Waals surface area contributed by atoms with Crippen LogP contribution >= 0.6 is 49.9 Å². The minimum atomic E-state index is -0.131. The van der Waals surface area contributed by atoms with Crippen LogP contribution in [-0.4, -0.2) is 10.9 Å². The fourth-order valence-electron chi connectivity index (χ4n) is 1.07. The number of hydrogen-bond donors (Lipinski definition) is 1. The molecule has 0 atom stereocenters. The molecule has 3 nitrogen and oxygen atoms in total. The van der Waals surface area contributed by atoms with E-state index in [0.717, 1.165) is 7.36 Å². The molecule has 6 heteroatoms. The maximum atomic E-state index is 11.8. The zero-order valence-corrected chi connectivity index (χ0v) is 12.5. The molecule has 16 heavy (non-hydrogen) atoms. The number of hydrogen-bond acceptors (Lipinski definition) is 3. The standard InChI is InChI=1S/C10H6BrIN2OS/c11-7-1-2-9(13-4-7)14-10(15)6-3-8(12)16-5-6/h1-5H,(H,13,14,15). The highest BCUT2D eigenvalue weighted by Gasteiger charge is 2.08. The van der Waals surface area contributed by atoms with Crippen molar-refractivity contribution in [2.45, 2.75) is 0 Å². The molecule has 0 saturated carbocycles. The van der Waals surface area contributed by atoms with Gasteiger partial charge < -0.3 is 5.32 Å². The van der Waals surface area contributed by atoms with Crippen LogP contribution in [0.25, 0.3) is 0 Å². The summed E-state index contributed by atoms with van der Waals surface area (Å²) in [6.45, 7) is 0. The van der Waals surface area contributed by atoms with Crippen molar-refractivity contribution in [3.63, 3.8) is 0 Å². The summed E-state index contributed by atoms with van der Waals surface area (Å²) in [5.74, 6) is 0.420. The summed E-state index contributed by atoms with van der Waals surface area (Å²) in [6.07, 6.45) is 1.65. The molecule has 0 radical (unpaired) electrons. The fourth-order valence-corrected chi connectivity index (χ4v) is 2.63. The van der Waals surface area contributed by atoms with Gasteiger partial charge in [0.25, 0.3) is 5.91 Å². The summed E-state index contributed by atoms with van der Waals surface area (Å²) >= 11 is 7.02. The van der Waals surface area contributed by atoms with E-state index in [1.165, 1.54) is 0 Å². The summed E-state index contributed by atoms with van der Waals surface area (Å²) in [5.41, 5.74) is 0.666. The van der Waals surface area contributed by atoms with Gasteiger partial charge in [-0.2, -0.15) is 0 Å². The molecule has 0 fully saturated rings. The molecule has 0 aromatic carbocycles. The Morgan fingerprint density at radius 1 is 1.50 bits per heavy atom. The van der Waals surface area contributed by atoms with E-state index in [9.17, 15) is 4.79 Å². The van der Waals surface area contributed by atoms with Crippen LogP contribution in [-0.2, 0) is 0 Å². The maximum Gasteiger partial charge on any atom is 0.257 e. The predicted molar refractivity (Wildman–Crippen MR) is 76.9 cm³/mol. The van der Waals surface area contributed by atoms with Crippen LogP contribution in [0.4, 0.5) is 5.82 Å². The lowest BCUT2D eigenvalue weighted by Gasteiger charge is -2.01. The maximum absolute atomic E-state index is 11.8. The van der Waals surface area contributed by atoms with Crippen molar-refractivity contribution in [3.8, 4) is 0 Å². The summed E-state index contributed by atoms with van der Waals surface area (Å²) < 4.78 is 1.97. The Bertz CT molecular complexity index is 512. The van der Waals surface area contributed by atoms with Gasteiger partial charge in [-0.15, -0.1) is 11.3 Å². The Labute approximate surface area is 119 Å². The van der Waals surface area contributed by atoms with E-state index in [1.807, 2.05) is 17.5 Å². The first-order chi connectivity index (χ1) is 7.65. The van der Waals surface area contributed by atoms with Crippen LogP contribution in [0.15, 0.2) is 34.2 Å². The normalized spacial score (nSPS) is 10.1. The molecule has 0 saturated heterocycles. The second-order valence-corrected chi connectivity index (χ2v) is 6.68. The second-order valence-electron chi connectivity index (χ2n) is 2.96. The van der Waals surface area contributed by atoms with Gasteiger partial charge in [-0.3, -0.25) is 4.79 Å². The third kappa shape index (κ3) is 3.02. The average Bonchev–Trinajstić information content (AvgIpc) is 2.68. The van der Waals surface area contributed by atoms with Crippen LogP contribution in [0.2, 0.25) is 0 Å². The molecule has 0 aliphatic rings. The molecule has 1 N–H and O–H groups in total. The molecule has 2 heterocycles. The van der Waals surface area contributed by atoms with E-state index in [-0.39, 0.29) is 5.91 Å². The minimum Gasteiger partial charge on any atom is -0.307 e. The van der Waals surface area contributed by atoms with Crippen LogP contribution in [0.1, 0.15) is 10.4 Å². The van der Waals surface area contributed by atoms with Gasteiger partial charge >= 0.3 is 0 Å². The zero-order chi connectivity index (χ0) is 11.5. The molecule has 0 spiro atoms. The molecule has 0 bridgehead atoms. The van der Waals surface area contributed by atoms with Crippen molar-refractivity contribution in [1.82, 2.24) is 4.98 Å². The van der Waals surface area contributed by atoms with E-state index < -0.39 is 0 Å². The van der Waals surface area contributed by atoms with E-state index in [2.05, 4.69) is 48.8 Å². The van der Waals surface area contributed by atoms with Gasteiger partial charge in [0.15, 0.2) is 0 Å². The third-order valence-corrected chi connectivity index (χ3v) is 4.06. The number of halogens is 2. The number of carbonyl (C=O) groups excluding carboxylic acids is 1. The Hall–Kier alpha value is -0.470. The zero-order valence-electron chi connectivity index (χ0n) is 7.91. The quantitative estimate of drug-likeness (QED) is 0.768. The molecule has 2 aromatic rings. The number of pyridine rings is 1. The lowest BCUT2D eigenvalue weighted by Crippen LogP contribution is -2.11. The van der Waals surface area contributed by atoms with E-state index in [1.54, 1.807) is 23.6 Å². The van der Waals surface area contributed by atoms with Crippen molar-refractivity contribution >= 4 is 61.6 Å². The van der Waals surface area contributed by atoms with Crippen molar-refractivity contribution < 1.29 is 4.79 Å². The van der Waals surface area contributed by atoms with Gasteiger partial charge in [0.2, 0.25) is 0 Å². The van der Waals surface area contributed by atoms with Crippen LogP contribution in [0.3, 0.4) is 0 Å². The topological polar surface area (TPSA) is 42.0 Å². The fraction of sp³-hybridized carbons (Fsp3) is 0. The van der Waals surface area contributed by atoms with Crippen LogP contribution < -0.4 is 5.32 Å². The first-order valence-corrected chi connectivity index (χ1v) is 7.07. The Morgan fingerprint density at radius 3 is 2.88 bits per heavy atom. The molecule has 0 aliphatic carbocycles. The highest BCUT2D eigenvalue weighted by atomic mass is 127. The smallest absolute Gasteiger partial charge is 0.257 e.